The van der Waals surface area contributed by atoms with Crippen LogP contribution in [0.4, 0.5) is 4.39 Å². The second-order valence-corrected chi connectivity index (χ2v) is 7.89. The van der Waals surface area contributed by atoms with Gasteiger partial charge in [-0.3, -0.25) is 9.59 Å². The van der Waals surface area contributed by atoms with Crippen molar-refractivity contribution in [2.75, 3.05) is 14.2 Å². The molecule has 2 aliphatic rings. The Kier molecular flexibility index (Phi) is 6.36. The lowest BCUT2D eigenvalue weighted by Crippen LogP contribution is -2.24. The summed E-state index contributed by atoms with van der Waals surface area (Å²) in [5.74, 6) is -0.0633. The van der Waals surface area contributed by atoms with E-state index in [1.165, 1.54) is 26.4 Å². The lowest BCUT2D eigenvalue weighted by atomic mass is 9.98. The lowest BCUT2D eigenvalue weighted by molar-refractivity contribution is -0.118. The highest BCUT2D eigenvalue weighted by Gasteiger charge is 2.28. The number of ketones is 1. The van der Waals surface area contributed by atoms with E-state index in [2.05, 4.69) is 5.32 Å². The van der Waals surface area contributed by atoms with Crippen LogP contribution in [0.1, 0.15) is 30.7 Å². The van der Waals surface area contributed by atoms with Gasteiger partial charge in [0.25, 0.3) is 5.78 Å². The van der Waals surface area contributed by atoms with E-state index in [0.29, 0.717) is 28.0 Å². The van der Waals surface area contributed by atoms with Crippen molar-refractivity contribution >= 4 is 22.8 Å². The molecule has 0 saturated heterocycles. The van der Waals surface area contributed by atoms with Crippen LogP contribution in [-0.4, -0.2) is 25.9 Å². The van der Waals surface area contributed by atoms with Crippen molar-refractivity contribution in [1.29, 1.82) is 0 Å². The van der Waals surface area contributed by atoms with Crippen LogP contribution in [0, 0.1) is 5.82 Å². The quantitative estimate of drug-likeness (QED) is 0.622. The first-order valence-electron chi connectivity index (χ1n) is 10.6. The van der Waals surface area contributed by atoms with Crippen LogP contribution in [0.2, 0.25) is 0 Å². The number of allylic oxidation sites excluding steroid dienone is 7. The number of carbonyl (C=O) groups excluding carboxylic acids is 2. The van der Waals surface area contributed by atoms with Gasteiger partial charge in [0.05, 0.1) is 27.0 Å². The summed E-state index contributed by atoms with van der Waals surface area (Å²) in [6, 6.07) is 8.03. The molecule has 4 rings (SSSR count). The first-order chi connectivity index (χ1) is 16.3. The largest absolute Gasteiger partial charge is 0.492 e. The fourth-order valence-corrected chi connectivity index (χ4v) is 4.14. The van der Waals surface area contributed by atoms with Gasteiger partial charge in [-0.2, -0.15) is 0 Å². The maximum atomic E-state index is 14.2. The molecule has 1 aromatic carbocycles. The third-order valence-electron chi connectivity index (χ3n) is 5.83. The molecule has 0 aliphatic heterocycles. The fraction of sp³-hybridized carbons (Fsp3) is 0.185. The molecule has 2 aromatic rings. The molecule has 0 fully saturated rings. The molecule has 1 heterocycles. The van der Waals surface area contributed by atoms with E-state index < -0.39 is 5.82 Å². The van der Waals surface area contributed by atoms with Gasteiger partial charge < -0.3 is 19.2 Å². The van der Waals surface area contributed by atoms with E-state index in [0.717, 1.165) is 16.7 Å². The van der Waals surface area contributed by atoms with Gasteiger partial charge in [-0.05, 0) is 89.8 Å². The molecule has 7 heteroatoms. The van der Waals surface area contributed by atoms with Crippen molar-refractivity contribution in [2.24, 2.45) is 0 Å². The third kappa shape index (κ3) is 4.24. The SMILES string of the molecule is COC1=CC(=CC2=C(C)/C(=C(/C)C(=O)NCc3ccco3)c3cc(F)ccc32)C=C(OC)C1=O. The molecular formula is C27H24FNO5. The summed E-state index contributed by atoms with van der Waals surface area (Å²) in [6.07, 6.45) is 6.66. The first-order valence-corrected chi connectivity index (χ1v) is 10.6. The Morgan fingerprint density at radius 1 is 1.12 bits per heavy atom. The minimum absolute atomic E-state index is 0.158. The Morgan fingerprint density at radius 3 is 2.44 bits per heavy atom. The average Bonchev–Trinajstić information content (AvgIpc) is 3.44. The number of carbonyl (C=O) groups is 2. The third-order valence-corrected chi connectivity index (χ3v) is 5.83. The average molecular weight is 461 g/mol. The van der Waals surface area contributed by atoms with E-state index in [1.807, 2.05) is 13.0 Å². The second kappa shape index (κ2) is 9.39. The zero-order valence-electron chi connectivity index (χ0n) is 19.3. The van der Waals surface area contributed by atoms with E-state index in [4.69, 9.17) is 13.9 Å². The molecule has 2 aliphatic carbocycles. The van der Waals surface area contributed by atoms with E-state index >= 15 is 0 Å². The minimum atomic E-state index is -0.395. The topological polar surface area (TPSA) is 77.8 Å². The number of amides is 1. The summed E-state index contributed by atoms with van der Waals surface area (Å²) in [5, 5.41) is 2.84. The highest BCUT2D eigenvalue weighted by atomic mass is 19.1. The Morgan fingerprint density at radius 2 is 1.82 bits per heavy atom. The molecule has 0 radical (unpaired) electrons. The molecular weight excluding hydrogens is 437 g/mol. The molecule has 0 unspecified atom stereocenters. The lowest BCUT2D eigenvalue weighted by Gasteiger charge is -2.14. The maximum absolute atomic E-state index is 14.2. The summed E-state index contributed by atoms with van der Waals surface area (Å²) in [6.45, 7) is 3.85. The number of methoxy groups -OCH3 is 2. The monoisotopic (exact) mass is 461 g/mol. The van der Waals surface area contributed by atoms with Gasteiger partial charge in [-0.25, -0.2) is 4.39 Å². The molecule has 0 spiro atoms. The van der Waals surface area contributed by atoms with Gasteiger partial charge in [-0.15, -0.1) is 0 Å². The Balaban J connectivity index is 1.79. The number of fused-ring (bicyclic) bond motifs is 1. The maximum Gasteiger partial charge on any atom is 0.261 e. The van der Waals surface area contributed by atoms with Crippen LogP contribution in [0.5, 0.6) is 0 Å². The highest BCUT2D eigenvalue weighted by Crippen LogP contribution is 2.44. The number of ether oxygens (including phenoxy) is 2. The molecule has 6 nitrogen and oxygen atoms in total. The molecule has 0 saturated carbocycles. The highest BCUT2D eigenvalue weighted by molar-refractivity contribution is 6.12. The van der Waals surface area contributed by atoms with Crippen LogP contribution < -0.4 is 5.32 Å². The number of benzene rings is 1. The molecule has 174 valence electrons. The van der Waals surface area contributed by atoms with Gasteiger partial charge >= 0.3 is 0 Å². The molecule has 0 bridgehead atoms. The molecule has 1 N–H and O–H groups in total. The molecule has 0 atom stereocenters. The van der Waals surface area contributed by atoms with Crippen molar-refractivity contribution in [2.45, 2.75) is 20.4 Å². The summed E-state index contributed by atoms with van der Waals surface area (Å²) < 4.78 is 29.9. The minimum Gasteiger partial charge on any atom is -0.492 e. The summed E-state index contributed by atoms with van der Waals surface area (Å²) in [7, 11) is 2.84. The van der Waals surface area contributed by atoms with Gasteiger partial charge in [0.15, 0.2) is 11.5 Å². The van der Waals surface area contributed by atoms with E-state index in [9.17, 15) is 14.0 Å². The van der Waals surface area contributed by atoms with Gasteiger partial charge in [0, 0.05) is 5.57 Å². The zero-order chi connectivity index (χ0) is 24.4. The number of hydrogen-bond donors (Lipinski definition) is 1. The Hall–Kier alpha value is -4.13. The normalized spacial score (nSPS) is 16.6. The van der Waals surface area contributed by atoms with E-state index in [1.54, 1.807) is 43.5 Å². The van der Waals surface area contributed by atoms with Gasteiger partial charge in [0.2, 0.25) is 5.91 Å². The Labute approximate surface area is 196 Å². The van der Waals surface area contributed by atoms with Crippen LogP contribution in [0.25, 0.3) is 11.1 Å². The number of halogens is 1. The number of nitrogens with one attached hydrogen (secondary N) is 1. The smallest absolute Gasteiger partial charge is 0.261 e. The fourth-order valence-electron chi connectivity index (χ4n) is 4.14. The number of rotatable bonds is 6. The van der Waals surface area contributed by atoms with Crippen LogP contribution in [-0.2, 0) is 25.6 Å². The predicted molar refractivity (Wildman–Crippen MR) is 125 cm³/mol. The van der Waals surface area contributed by atoms with Crippen LogP contribution in [0.15, 0.2) is 87.5 Å². The van der Waals surface area contributed by atoms with Crippen molar-refractivity contribution in [3.63, 3.8) is 0 Å². The summed E-state index contributed by atoms with van der Waals surface area (Å²) in [4.78, 5) is 25.2. The number of furan rings is 1. The van der Waals surface area contributed by atoms with Crippen LogP contribution in [0.3, 0.4) is 0 Å². The first kappa shape index (κ1) is 23.0. The summed E-state index contributed by atoms with van der Waals surface area (Å²) >= 11 is 0. The summed E-state index contributed by atoms with van der Waals surface area (Å²) in [5.41, 5.74) is 4.85. The number of Topliss-reactive ketones (excluding diaryl/α,β-unsaturated/α-hetero) is 1. The molecule has 1 aromatic heterocycles. The molecule has 1 amide bonds. The van der Waals surface area contributed by atoms with Gasteiger partial charge in [-0.1, -0.05) is 6.07 Å². The van der Waals surface area contributed by atoms with E-state index in [-0.39, 0.29) is 29.8 Å². The van der Waals surface area contributed by atoms with Gasteiger partial charge in [0.1, 0.15) is 11.6 Å². The standard InChI is InChI=1S/C27H24FNO5/c1-15-21(10-17-11-23(32-3)26(30)24(12-17)33-4)20-8-7-18(28)13-22(20)25(15)16(2)27(31)29-14-19-6-5-9-34-19/h5-13H,14H2,1-4H3,(H,29,31)/b25-16+. The van der Waals surface area contributed by atoms with Crippen LogP contribution >= 0.6 is 0 Å². The zero-order valence-corrected chi connectivity index (χ0v) is 19.3. The second-order valence-electron chi connectivity index (χ2n) is 7.89. The predicted octanol–water partition coefficient (Wildman–Crippen LogP) is 4.87. The Bertz CT molecular complexity index is 1300. The van der Waals surface area contributed by atoms with Crippen molar-refractivity contribution < 1.29 is 27.9 Å². The van der Waals surface area contributed by atoms with Crippen molar-refractivity contribution in [3.8, 4) is 0 Å². The number of hydrogen-bond acceptors (Lipinski definition) is 5. The van der Waals surface area contributed by atoms with Crippen molar-refractivity contribution in [1.82, 2.24) is 5.32 Å². The van der Waals surface area contributed by atoms with Crippen molar-refractivity contribution in [3.05, 3.63) is 106 Å². The molecule has 34 heavy (non-hydrogen) atoms.